The van der Waals surface area contributed by atoms with Gasteiger partial charge in [0.15, 0.2) is 0 Å². The Morgan fingerprint density at radius 1 is 1.09 bits per heavy atom. The number of Topliss-reactive ketones (excluding diaryl/α,β-unsaturated/α-hetero) is 1. The van der Waals surface area contributed by atoms with Gasteiger partial charge in [0.05, 0.1) is 12.3 Å². The van der Waals surface area contributed by atoms with Gasteiger partial charge in [-0.05, 0) is 49.2 Å². The van der Waals surface area contributed by atoms with Crippen LogP contribution in [0.4, 0.5) is 0 Å². The predicted octanol–water partition coefficient (Wildman–Crippen LogP) is 3.98. The lowest BCUT2D eigenvalue weighted by atomic mass is 9.85. The van der Waals surface area contributed by atoms with Gasteiger partial charge in [-0.2, -0.15) is 0 Å². The number of likely N-dealkylation sites (tertiary alicyclic amines) is 1. The summed E-state index contributed by atoms with van der Waals surface area (Å²) in [4.78, 5) is 28.9. The van der Waals surface area contributed by atoms with Crippen LogP contribution in [0.1, 0.15) is 46.0 Å². The van der Waals surface area contributed by atoms with E-state index in [9.17, 15) is 4.79 Å². The molecule has 4 heterocycles. The molecular formula is C27H28N4O. The Hall–Kier alpha value is -3.18. The van der Waals surface area contributed by atoms with Gasteiger partial charge in [-0.15, -0.1) is 0 Å². The molecule has 2 aliphatic rings. The summed E-state index contributed by atoms with van der Waals surface area (Å²) in [7, 11) is 2.14. The molecule has 1 aromatic carbocycles. The molecule has 2 aromatic heterocycles. The molecule has 0 unspecified atom stereocenters. The summed E-state index contributed by atoms with van der Waals surface area (Å²) in [5.74, 6) is 1.04. The van der Waals surface area contributed by atoms with Gasteiger partial charge < -0.3 is 4.90 Å². The molecule has 0 bridgehead atoms. The maximum atomic E-state index is 13.0. The Morgan fingerprint density at radius 3 is 2.75 bits per heavy atom. The first-order valence-corrected chi connectivity index (χ1v) is 11.3. The normalized spacial score (nSPS) is 20.2. The first kappa shape index (κ1) is 20.7. The molecule has 2 atom stereocenters. The highest BCUT2D eigenvalue weighted by atomic mass is 16.1. The van der Waals surface area contributed by atoms with Crippen molar-refractivity contribution in [1.29, 1.82) is 0 Å². The number of carbonyl (C=O) groups is 1. The van der Waals surface area contributed by atoms with Gasteiger partial charge in [0.1, 0.15) is 5.78 Å². The Labute approximate surface area is 189 Å². The van der Waals surface area contributed by atoms with Gasteiger partial charge in [0.25, 0.3) is 0 Å². The average Bonchev–Trinajstić information content (AvgIpc) is 3.37. The summed E-state index contributed by atoms with van der Waals surface area (Å²) in [5.41, 5.74) is 7.40. The summed E-state index contributed by atoms with van der Waals surface area (Å²) in [6.45, 7) is 4.59. The molecule has 0 spiro atoms. The zero-order valence-electron chi connectivity index (χ0n) is 18.7. The number of aliphatic imine (C=N–C) groups is 1. The van der Waals surface area contributed by atoms with Crippen molar-refractivity contribution in [2.24, 2.45) is 10.9 Å². The van der Waals surface area contributed by atoms with E-state index in [2.05, 4.69) is 52.2 Å². The summed E-state index contributed by atoms with van der Waals surface area (Å²) < 4.78 is 0. The summed E-state index contributed by atoms with van der Waals surface area (Å²) in [6, 6.07) is 16.7. The van der Waals surface area contributed by atoms with Crippen LogP contribution >= 0.6 is 0 Å². The number of nitrogens with zero attached hydrogens (tertiary/aromatic N) is 4. The molecule has 0 aliphatic carbocycles. The van der Waals surface area contributed by atoms with Gasteiger partial charge >= 0.3 is 0 Å². The second kappa shape index (κ2) is 8.75. The number of likely N-dealkylation sites (N-methyl/N-ethyl adjacent to an activating group) is 1. The first-order chi connectivity index (χ1) is 15.6. The number of hydrogen-bond acceptors (Lipinski definition) is 5. The van der Waals surface area contributed by atoms with Crippen molar-refractivity contribution < 1.29 is 4.79 Å². The Kier molecular flexibility index (Phi) is 5.66. The van der Waals surface area contributed by atoms with Crippen molar-refractivity contribution in [3.63, 3.8) is 0 Å². The molecule has 5 heteroatoms. The van der Waals surface area contributed by atoms with Crippen molar-refractivity contribution >= 4 is 11.5 Å². The molecule has 0 radical (unpaired) electrons. The summed E-state index contributed by atoms with van der Waals surface area (Å²) >= 11 is 0. The molecule has 2 aliphatic heterocycles. The van der Waals surface area contributed by atoms with Crippen LogP contribution in [0.2, 0.25) is 0 Å². The number of rotatable bonds is 6. The Bertz CT molecular complexity index is 1170. The number of pyridine rings is 2. The number of ketones is 1. The lowest BCUT2D eigenvalue weighted by molar-refractivity contribution is -0.119. The van der Waals surface area contributed by atoms with Crippen LogP contribution in [0.25, 0.3) is 0 Å². The minimum atomic E-state index is 0.266. The molecule has 1 saturated heterocycles. The van der Waals surface area contributed by atoms with Crippen molar-refractivity contribution in [3.05, 3.63) is 94.6 Å². The van der Waals surface area contributed by atoms with Gasteiger partial charge in [-0.25, -0.2) is 0 Å². The number of carbonyl (C=O) groups excluding carboxylic acids is 1. The molecule has 32 heavy (non-hydrogen) atoms. The molecule has 5 nitrogen and oxygen atoms in total. The van der Waals surface area contributed by atoms with Gasteiger partial charge in [0.2, 0.25) is 0 Å². The van der Waals surface area contributed by atoms with E-state index in [1.165, 1.54) is 5.56 Å². The Morgan fingerprint density at radius 2 is 1.94 bits per heavy atom. The zero-order valence-corrected chi connectivity index (χ0v) is 18.7. The molecule has 162 valence electrons. The van der Waals surface area contributed by atoms with E-state index in [4.69, 9.17) is 4.99 Å². The standard InChI is InChI=1S/C27H28N4O/c1-18-10-20(8-9-28-18)27-25-15-29-23(11-21(25)14-30-27)13-24(32)12-22-16-31(2)17-26(22)19-6-4-3-5-7-19/h3-11,15,22,26H,12-14,16-17H2,1-2H3/t22-,26+/m1/s1. The van der Waals surface area contributed by atoms with Crippen molar-refractivity contribution in [1.82, 2.24) is 14.9 Å². The highest BCUT2D eigenvalue weighted by Gasteiger charge is 2.33. The third-order valence-electron chi connectivity index (χ3n) is 6.60. The molecule has 5 rings (SSSR count). The topological polar surface area (TPSA) is 58.5 Å². The van der Waals surface area contributed by atoms with E-state index in [1.54, 1.807) is 0 Å². The number of benzene rings is 1. The Balaban J connectivity index is 1.27. The van der Waals surface area contributed by atoms with E-state index in [0.29, 0.717) is 31.2 Å². The van der Waals surface area contributed by atoms with Crippen LogP contribution in [0, 0.1) is 12.8 Å². The highest BCUT2D eigenvalue weighted by Crippen LogP contribution is 2.34. The zero-order chi connectivity index (χ0) is 22.1. The average molecular weight is 425 g/mol. The van der Waals surface area contributed by atoms with E-state index >= 15 is 0 Å². The van der Waals surface area contributed by atoms with E-state index in [0.717, 1.165) is 46.9 Å². The molecule has 0 amide bonds. The third-order valence-corrected chi connectivity index (χ3v) is 6.60. The number of hydrogen-bond donors (Lipinski definition) is 0. The molecule has 0 saturated carbocycles. The van der Waals surface area contributed by atoms with Crippen LogP contribution in [0.15, 0.2) is 65.9 Å². The quantitative estimate of drug-likeness (QED) is 0.601. The lowest BCUT2D eigenvalue weighted by Crippen LogP contribution is -2.18. The molecule has 3 aromatic rings. The van der Waals surface area contributed by atoms with Crippen molar-refractivity contribution in [2.75, 3.05) is 20.1 Å². The molecule has 1 fully saturated rings. The van der Waals surface area contributed by atoms with E-state index in [-0.39, 0.29) is 5.78 Å². The number of aromatic nitrogens is 2. The van der Waals surface area contributed by atoms with Gasteiger partial charge in [0, 0.05) is 66.8 Å². The molecule has 0 N–H and O–H groups in total. The van der Waals surface area contributed by atoms with Gasteiger partial charge in [-0.1, -0.05) is 30.3 Å². The van der Waals surface area contributed by atoms with Crippen LogP contribution in [-0.4, -0.2) is 46.5 Å². The SMILES string of the molecule is Cc1cc(C2=NCc3cc(CC(=O)C[C@@H]4CN(C)C[C@H]4c4ccccc4)ncc32)ccn1. The monoisotopic (exact) mass is 424 g/mol. The lowest BCUT2D eigenvalue weighted by Gasteiger charge is -2.18. The van der Waals surface area contributed by atoms with E-state index in [1.807, 2.05) is 37.5 Å². The smallest absolute Gasteiger partial charge is 0.139 e. The summed E-state index contributed by atoms with van der Waals surface area (Å²) in [6.07, 6.45) is 4.68. The van der Waals surface area contributed by atoms with Crippen molar-refractivity contribution in [2.45, 2.75) is 32.2 Å². The fourth-order valence-electron chi connectivity index (χ4n) is 5.11. The second-order valence-corrected chi connectivity index (χ2v) is 9.10. The van der Waals surface area contributed by atoms with Gasteiger partial charge in [-0.3, -0.25) is 19.8 Å². The number of aryl methyl sites for hydroxylation is 1. The minimum Gasteiger partial charge on any atom is -0.305 e. The fraction of sp³-hybridized carbons (Fsp3) is 0.333. The largest absolute Gasteiger partial charge is 0.305 e. The number of fused-ring (bicyclic) bond motifs is 1. The van der Waals surface area contributed by atoms with Crippen LogP contribution in [-0.2, 0) is 17.8 Å². The second-order valence-electron chi connectivity index (χ2n) is 9.10. The highest BCUT2D eigenvalue weighted by molar-refractivity contribution is 6.15. The molecular weight excluding hydrogens is 396 g/mol. The van der Waals surface area contributed by atoms with Crippen LogP contribution in [0.5, 0.6) is 0 Å². The third kappa shape index (κ3) is 4.26. The summed E-state index contributed by atoms with van der Waals surface area (Å²) in [5, 5.41) is 0. The van der Waals surface area contributed by atoms with E-state index < -0.39 is 0 Å². The van der Waals surface area contributed by atoms with Crippen LogP contribution in [0.3, 0.4) is 0 Å². The first-order valence-electron chi connectivity index (χ1n) is 11.3. The predicted molar refractivity (Wildman–Crippen MR) is 126 cm³/mol. The maximum Gasteiger partial charge on any atom is 0.139 e. The fourth-order valence-corrected chi connectivity index (χ4v) is 5.11. The minimum absolute atomic E-state index is 0.266. The van der Waals surface area contributed by atoms with Crippen LogP contribution < -0.4 is 0 Å². The van der Waals surface area contributed by atoms with Crippen molar-refractivity contribution in [3.8, 4) is 0 Å². The maximum absolute atomic E-state index is 13.0.